The number of halogens is 1. The fourth-order valence-electron chi connectivity index (χ4n) is 1.82. The van der Waals surface area contributed by atoms with E-state index in [2.05, 4.69) is 15.9 Å². The van der Waals surface area contributed by atoms with Crippen LogP contribution in [0.4, 0.5) is 5.69 Å². The molecule has 1 heterocycles. The summed E-state index contributed by atoms with van der Waals surface area (Å²) < 4.78 is 0. The number of aromatic carboxylic acids is 1. The maximum atomic E-state index is 11.7. The predicted molar refractivity (Wildman–Crippen MR) is 64.8 cm³/mol. The van der Waals surface area contributed by atoms with E-state index in [9.17, 15) is 14.7 Å². The van der Waals surface area contributed by atoms with Crippen LogP contribution in [0.1, 0.15) is 16.8 Å². The number of nitrogens with zero attached hydrogens (tertiary/aromatic N) is 1. The monoisotopic (exact) mass is 299 g/mol. The molecule has 1 amide bonds. The quantitative estimate of drug-likeness (QED) is 0.813. The normalized spacial score (nSPS) is 19.7. The van der Waals surface area contributed by atoms with Crippen LogP contribution in [0.3, 0.4) is 0 Å². The van der Waals surface area contributed by atoms with Crippen LogP contribution in [-0.2, 0) is 4.79 Å². The Morgan fingerprint density at radius 2 is 2.18 bits per heavy atom. The Hall–Kier alpha value is -1.56. The van der Waals surface area contributed by atoms with Crippen molar-refractivity contribution in [3.8, 4) is 5.75 Å². The first-order valence-electron chi connectivity index (χ1n) is 5.00. The average Bonchev–Trinajstić information content (AvgIpc) is 2.57. The number of carboxylic acid groups (broad SMARTS) is 1. The minimum atomic E-state index is -1.22. The van der Waals surface area contributed by atoms with E-state index in [0.29, 0.717) is 13.0 Å². The SMILES string of the molecule is O=C(O)c1cccc(N2CC(Br)CC2=O)c1O. The van der Waals surface area contributed by atoms with Crippen molar-refractivity contribution in [1.82, 2.24) is 0 Å². The Balaban J connectivity index is 2.43. The van der Waals surface area contributed by atoms with E-state index in [1.165, 1.54) is 23.1 Å². The molecule has 1 unspecified atom stereocenters. The van der Waals surface area contributed by atoms with Gasteiger partial charge in [-0.05, 0) is 12.1 Å². The molecular formula is C11H10BrNO4. The molecule has 1 aromatic rings. The van der Waals surface area contributed by atoms with Gasteiger partial charge in [-0.15, -0.1) is 0 Å². The highest BCUT2D eigenvalue weighted by molar-refractivity contribution is 9.09. The summed E-state index contributed by atoms with van der Waals surface area (Å²) in [6.45, 7) is 0.426. The van der Waals surface area contributed by atoms with E-state index in [4.69, 9.17) is 5.11 Å². The number of benzene rings is 1. The standard InChI is InChI=1S/C11H10BrNO4/c12-6-4-9(14)13(5-6)8-3-1-2-7(10(8)15)11(16)17/h1-3,6,15H,4-5H2,(H,16,17). The molecule has 1 aliphatic rings. The lowest BCUT2D eigenvalue weighted by molar-refractivity contribution is -0.117. The van der Waals surface area contributed by atoms with Gasteiger partial charge in [0.2, 0.25) is 5.91 Å². The number of aromatic hydroxyl groups is 1. The molecule has 1 saturated heterocycles. The van der Waals surface area contributed by atoms with Crippen LogP contribution in [0.2, 0.25) is 0 Å². The molecule has 0 radical (unpaired) electrons. The molecular weight excluding hydrogens is 290 g/mol. The molecule has 0 bridgehead atoms. The summed E-state index contributed by atoms with van der Waals surface area (Å²) in [5, 5.41) is 18.7. The van der Waals surface area contributed by atoms with Crippen molar-refractivity contribution in [1.29, 1.82) is 0 Å². The maximum absolute atomic E-state index is 11.7. The molecule has 0 aliphatic carbocycles. The lowest BCUT2D eigenvalue weighted by atomic mass is 10.1. The molecule has 2 N–H and O–H groups in total. The molecule has 90 valence electrons. The Labute approximate surface area is 106 Å². The van der Waals surface area contributed by atoms with Crippen LogP contribution >= 0.6 is 15.9 Å². The van der Waals surface area contributed by atoms with E-state index in [0.717, 1.165) is 0 Å². The van der Waals surface area contributed by atoms with Gasteiger partial charge in [0.1, 0.15) is 5.56 Å². The highest BCUT2D eigenvalue weighted by Gasteiger charge is 2.31. The van der Waals surface area contributed by atoms with Gasteiger partial charge in [0.15, 0.2) is 5.75 Å². The van der Waals surface area contributed by atoms with E-state index in [1.54, 1.807) is 0 Å². The summed E-state index contributed by atoms with van der Waals surface area (Å²) in [4.78, 5) is 23.9. The zero-order valence-electron chi connectivity index (χ0n) is 8.76. The third-order valence-corrected chi connectivity index (χ3v) is 3.23. The van der Waals surface area contributed by atoms with Gasteiger partial charge in [-0.25, -0.2) is 4.79 Å². The van der Waals surface area contributed by atoms with Gasteiger partial charge in [0, 0.05) is 17.8 Å². The molecule has 0 spiro atoms. The maximum Gasteiger partial charge on any atom is 0.339 e. The molecule has 1 fully saturated rings. The highest BCUT2D eigenvalue weighted by atomic mass is 79.9. The fourth-order valence-corrected chi connectivity index (χ4v) is 2.39. The molecule has 1 aromatic carbocycles. The Morgan fingerprint density at radius 3 is 2.71 bits per heavy atom. The van der Waals surface area contributed by atoms with Crippen LogP contribution in [0, 0.1) is 0 Å². The number of hydrogen-bond donors (Lipinski definition) is 2. The molecule has 1 aliphatic heterocycles. The largest absolute Gasteiger partial charge is 0.505 e. The third kappa shape index (κ3) is 2.12. The number of carbonyl (C=O) groups is 2. The van der Waals surface area contributed by atoms with E-state index >= 15 is 0 Å². The number of carboxylic acids is 1. The van der Waals surface area contributed by atoms with Crippen LogP contribution in [-0.4, -0.2) is 33.5 Å². The lowest BCUT2D eigenvalue weighted by Gasteiger charge is -2.18. The van der Waals surface area contributed by atoms with Crippen LogP contribution in [0.5, 0.6) is 5.75 Å². The second kappa shape index (κ2) is 4.37. The van der Waals surface area contributed by atoms with Gasteiger partial charge < -0.3 is 15.1 Å². The molecule has 6 heteroatoms. The second-order valence-corrected chi connectivity index (χ2v) is 5.08. The van der Waals surface area contributed by atoms with Gasteiger partial charge in [-0.1, -0.05) is 22.0 Å². The molecule has 2 rings (SSSR count). The van der Waals surface area contributed by atoms with E-state index < -0.39 is 5.97 Å². The van der Waals surface area contributed by atoms with E-state index in [1.807, 2.05) is 0 Å². The molecule has 17 heavy (non-hydrogen) atoms. The predicted octanol–water partition coefficient (Wildman–Crippen LogP) is 1.59. The zero-order chi connectivity index (χ0) is 12.6. The van der Waals surface area contributed by atoms with Gasteiger partial charge in [-0.3, -0.25) is 4.79 Å². The first-order valence-corrected chi connectivity index (χ1v) is 5.92. The van der Waals surface area contributed by atoms with Crippen LogP contribution in [0.25, 0.3) is 0 Å². The summed E-state index contributed by atoms with van der Waals surface area (Å²) in [7, 11) is 0. The number of anilines is 1. The Kier molecular flexibility index (Phi) is 3.06. The van der Waals surface area contributed by atoms with Crippen molar-refractivity contribution in [2.75, 3.05) is 11.4 Å². The Morgan fingerprint density at radius 1 is 1.47 bits per heavy atom. The summed E-state index contributed by atoms with van der Waals surface area (Å²) >= 11 is 3.33. The Bertz CT molecular complexity index is 488. The van der Waals surface area contributed by atoms with Crippen LogP contribution in [0.15, 0.2) is 18.2 Å². The summed E-state index contributed by atoms with van der Waals surface area (Å²) in [6.07, 6.45) is 0.344. The van der Waals surface area contributed by atoms with Gasteiger partial charge in [0.05, 0.1) is 5.69 Å². The van der Waals surface area contributed by atoms with Crippen molar-refractivity contribution >= 4 is 33.5 Å². The second-order valence-electron chi connectivity index (χ2n) is 3.78. The van der Waals surface area contributed by atoms with Gasteiger partial charge in [0.25, 0.3) is 0 Å². The minimum absolute atomic E-state index is 0.0304. The van der Waals surface area contributed by atoms with E-state index in [-0.39, 0.29) is 27.7 Å². The van der Waals surface area contributed by atoms with Gasteiger partial charge >= 0.3 is 5.97 Å². The topological polar surface area (TPSA) is 77.8 Å². The number of hydrogen-bond acceptors (Lipinski definition) is 3. The summed E-state index contributed by atoms with van der Waals surface area (Å²) in [5.74, 6) is -1.72. The number of amides is 1. The average molecular weight is 300 g/mol. The molecule has 0 saturated carbocycles. The zero-order valence-corrected chi connectivity index (χ0v) is 10.3. The van der Waals surface area contributed by atoms with Crippen LogP contribution < -0.4 is 4.90 Å². The van der Waals surface area contributed by atoms with Crippen molar-refractivity contribution < 1.29 is 19.8 Å². The first kappa shape index (κ1) is 11.9. The van der Waals surface area contributed by atoms with Crippen molar-refractivity contribution in [2.45, 2.75) is 11.2 Å². The van der Waals surface area contributed by atoms with Crippen molar-refractivity contribution in [3.63, 3.8) is 0 Å². The first-order chi connectivity index (χ1) is 8.00. The summed E-state index contributed by atoms with van der Waals surface area (Å²) in [5.41, 5.74) is 0.0465. The lowest BCUT2D eigenvalue weighted by Crippen LogP contribution is -2.24. The van der Waals surface area contributed by atoms with Gasteiger partial charge in [-0.2, -0.15) is 0 Å². The molecule has 0 aromatic heterocycles. The third-order valence-electron chi connectivity index (χ3n) is 2.61. The molecule has 1 atom stereocenters. The fraction of sp³-hybridized carbons (Fsp3) is 0.273. The number of carbonyl (C=O) groups excluding carboxylic acids is 1. The number of alkyl halides is 1. The minimum Gasteiger partial charge on any atom is -0.505 e. The van der Waals surface area contributed by atoms with Crippen molar-refractivity contribution in [3.05, 3.63) is 23.8 Å². The smallest absolute Gasteiger partial charge is 0.339 e. The summed E-state index contributed by atoms with van der Waals surface area (Å²) in [6, 6.07) is 4.34. The van der Waals surface area contributed by atoms with Crippen molar-refractivity contribution in [2.24, 2.45) is 0 Å². The highest BCUT2D eigenvalue weighted by Crippen LogP contribution is 2.34. The number of para-hydroxylation sites is 1. The number of rotatable bonds is 2. The molecule has 5 nitrogen and oxygen atoms in total. The number of phenols is 1.